The van der Waals surface area contributed by atoms with Gasteiger partial charge in [0.1, 0.15) is 6.10 Å². The molecule has 0 radical (unpaired) electrons. The summed E-state index contributed by atoms with van der Waals surface area (Å²) in [7, 11) is 0. The molecule has 1 saturated heterocycles. The highest BCUT2D eigenvalue weighted by Crippen LogP contribution is 2.11. The molecule has 12 heavy (non-hydrogen) atoms. The van der Waals surface area contributed by atoms with E-state index in [0.717, 1.165) is 19.4 Å². The maximum absolute atomic E-state index is 11.3. The van der Waals surface area contributed by atoms with Crippen molar-refractivity contribution in [2.75, 3.05) is 13.1 Å². The monoisotopic (exact) mass is 169 g/mol. The number of hydrogen-bond donors (Lipinski definition) is 1. The van der Waals surface area contributed by atoms with Crippen LogP contribution in [0.25, 0.3) is 0 Å². The molecule has 3 nitrogen and oxygen atoms in total. The zero-order chi connectivity index (χ0) is 8.97. The number of hydrogen-bond acceptors (Lipinski definition) is 2. The zero-order valence-corrected chi connectivity index (χ0v) is 7.20. The summed E-state index contributed by atoms with van der Waals surface area (Å²) in [4.78, 5) is 13.0. The van der Waals surface area contributed by atoms with E-state index in [1.807, 2.05) is 0 Å². The van der Waals surface area contributed by atoms with Crippen LogP contribution in [0.5, 0.6) is 0 Å². The largest absolute Gasteiger partial charge is 0.383 e. The van der Waals surface area contributed by atoms with Crippen molar-refractivity contribution in [3.8, 4) is 0 Å². The van der Waals surface area contributed by atoms with Crippen molar-refractivity contribution in [1.82, 2.24) is 4.90 Å². The van der Waals surface area contributed by atoms with Crippen molar-refractivity contribution >= 4 is 5.91 Å². The third kappa shape index (κ3) is 2.08. The summed E-state index contributed by atoms with van der Waals surface area (Å²) in [6.45, 7) is 5.06. The molecular weight excluding hydrogens is 154 g/mol. The molecular formula is C9H15NO2. The molecule has 1 fully saturated rings. The highest BCUT2D eigenvalue weighted by Gasteiger charge is 2.25. The number of aliphatic hydroxyl groups excluding tert-OH is 1. The lowest BCUT2D eigenvalue weighted by molar-refractivity contribution is -0.143. The molecule has 1 unspecified atom stereocenters. The van der Waals surface area contributed by atoms with Crippen molar-refractivity contribution in [2.45, 2.75) is 25.4 Å². The van der Waals surface area contributed by atoms with Gasteiger partial charge in [0.15, 0.2) is 0 Å². The molecule has 0 aromatic heterocycles. The highest BCUT2D eigenvalue weighted by molar-refractivity contribution is 5.81. The van der Waals surface area contributed by atoms with Crippen LogP contribution in [0.3, 0.4) is 0 Å². The third-order valence-electron chi connectivity index (χ3n) is 2.11. The molecule has 0 saturated carbocycles. The number of amides is 1. The molecule has 1 atom stereocenters. The lowest BCUT2D eigenvalue weighted by Gasteiger charge is -2.29. The van der Waals surface area contributed by atoms with Crippen LogP contribution in [0, 0.1) is 0 Å². The average Bonchev–Trinajstić information content (AvgIpc) is 2.08. The number of rotatable bonds is 3. The van der Waals surface area contributed by atoms with Gasteiger partial charge in [0.25, 0.3) is 5.91 Å². The van der Waals surface area contributed by atoms with E-state index < -0.39 is 6.10 Å². The Morgan fingerprint density at radius 1 is 1.75 bits per heavy atom. The summed E-state index contributed by atoms with van der Waals surface area (Å²) in [6, 6.07) is 0. The zero-order valence-electron chi connectivity index (χ0n) is 7.20. The molecule has 0 bridgehead atoms. The minimum absolute atomic E-state index is 0.122. The maximum Gasteiger partial charge on any atom is 0.251 e. The smallest absolute Gasteiger partial charge is 0.251 e. The highest BCUT2D eigenvalue weighted by atomic mass is 16.3. The molecule has 1 aliphatic heterocycles. The van der Waals surface area contributed by atoms with E-state index in [0.29, 0.717) is 13.0 Å². The molecule has 1 aliphatic rings. The van der Waals surface area contributed by atoms with Gasteiger partial charge in [-0.1, -0.05) is 6.08 Å². The SMILES string of the molecule is C=CCCN1CCCC(O)C1=O. The number of carbonyl (C=O) groups excluding carboxylic acids is 1. The van der Waals surface area contributed by atoms with E-state index in [2.05, 4.69) is 6.58 Å². The lowest BCUT2D eigenvalue weighted by Crippen LogP contribution is -2.44. The van der Waals surface area contributed by atoms with Gasteiger partial charge in [0.2, 0.25) is 0 Å². The molecule has 1 heterocycles. The van der Waals surface area contributed by atoms with Gasteiger partial charge in [0.05, 0.1) is 0 Å². The van der Waals surface area contributed by atoms with Crippen molar-refractivity contribution in [3.63, 3.8) is 0 Å². The third-order valence-corrected chi connectivity index (χ3v) is 2.11. The summed E-state index contributed by atoms with van der Waals surface area (Å²) in [5.41, 5.74) is 0. The Morgan fingerprint density at radius 2 is 2.50 bits per heavy atom. The van der Waals surface area contributed by atoms with E-state index in [-0.39, 0.29) is 5.91 Å². The predicted molar refractivity (Wildman–Crippen MR) is 46.6 cm³/mol. The summed E-state index contributed by atoms with van der Waals surface area (Å²) in [5.74, 6) is -0.122. The normalized spacial score (nSPS) is 24.2. The van der Waals surface area contributed by atoms with E-state index in [9.17, 15) is 9.90 Å². The number of nitrogens with zero attached hydrogens (tertiary/aromatic N) is 1. The standard InChI is InChI=1S/C9H15NO2/c1-2-3-6-10-7-4-5-8(11)9(10)12/h2,8,11H,1,3-7H2. The van der Waals surface area contributed by atoms with Crippen LogP contribution in [0.4, 0.5) is 0 Å². The number of piperidine rings is 1. The Bertz CT molecular complexity index is 179. The molecule has 0 aromatic carbocycles. The van der Waals surface area contributed by atoms with Gasteiger partial charge in [-0.3, -0.25) is 4.79 Å². The van der Waals surface area contributed by atoms with Crippen LogP contribution in [0.1, 0.15) is 19.3 Å². The fraction of sp³-hybridized carbons (Fsp3) is 0.667. The Morgan fingerprint density at radius 3 is 3.17 bits per heavy atom. The fourth-order valence-electron chi connectivity index (χ4n) is 1.39. The van der Waals surface area contributed by atoms with Gasteiger partial charge in [0, 0.05) is 13.1 Å². The molecule has 0 aliphatic carbocycles. The molecule has 0 spiro atoms. The summed E-state index contributed by atoms with van der Waals surface area (Å²) >= 11 is 0. The minimum atomic E-state index is -0.761. The molecule has 0 aromatic rings. The van der Waals surface area contributed by atoms with Gasteiger partial charge in [-0.25, -0.2) is 0 Å². The van der Waals surface area contributed by atoms with E-state index in [4.69, 9.17) is 0 Å². The second-order valence-corrected chi connectivity index (χ2v) is 3.06. The molecule has 1 rings (SSSR count). The van der Waals surface area contributed by atoms with Crippen LogP contribution in [-0.2, 0) is 4.79 Å². The fourth-order valence-corrected chi connectivity index (χ4v) is 1.39. The molecule has 68 valence electrons. The second kappa shape index (κ2) is 4.26. The first-order chi connectivity index (χ1) is 5.75. The quantitative estimate of drug-likeness (QED) is 0.627. The van der Waals surface area contributed by atoms with E-state index in [1.165, 1.54) is 0 Å². The van der Waals surface area contributed by atoms with Crippen molar-refractivity contribution in [3.05, 3.63) is 12.7 Å². The minimum Gasteiger partial charge on any atom is -0.383 e. The topological polar surface area (TPSA) is 40.5 Å². The molecule has 3 heteroatoms. The molecule has 1 amide bonds. The predicted octanol–water partition coefficient (Wildman–Crippen LogP) is 0.546. The van der Waals surface area contributed by atoms with Gasteiger partial charge < -0.3 is 10.0 Å². The van der Waals surface area contributed by atoms with Crippen LogP contribution < -0.4 is 0 Å². The maximum atomic E-state index is 11.3. The Labute approximate surface area is 72.7 Å². The number of carbonyl (C=O) groups is 1. The van der Waals surface area contributed by atoms with Crippen LogP contribution in [0.2, 0.25) is 0 Å². The van der Waals surface area contributed by atoms with Gasteiger partial charge >= 0.3 is 0 Å². The first-order valence-electron chi connectivity index (χ1n) is 4.33. The van der Waals surface area contributed by atoms with Crippen molar-refractivity contribution in [2.24, 2.45) is 0 Å². The molecule has 1 N–H and O–H groups in total. The average molecular weight is 169 g/mol. The summed E-state index contributed by atoms with van der Waals surface area (Å²) in [5, 5.41) is 9.23. The van der Waals surface area contributed by atoms with Gasteiger partial charge in [-0.2, -0.15) is 0 Å². The van der Waals surface area contributed by atoms with Crippen molar-refractivity contribution in [1.29, 1.82) is 0 Å². The number of likely N-dealkylation sites (tertiary alicyclic amines) is 1. The first kappa shape index (κ1) is 9.26. The second-order valence-electron chi connectivity index (χ2n) is 3.06. The van der Waals surface area contributed by atoms with Crippen LogP contribution in [0.15, 0.2) is 12.7 Å². The van der Waals surface area contributed by atoms with Crippen LogP contribution >= 0.6 is 0 Å². The van der Waals surface area contributed by atoms with Crippen LogP contribution in [-0.4, -0.2) is 35.1 Å². The van der Waals surface area contributed by atoms with Crippen molar-refractivity contribution < 1.29 is 9.90 Å². The Balaban J connectivity index is 2.40. The Kier molecular flexibility index (Phi) is 3.29. The van der Waals surface area contributed by atoms with E-state index in [1.54, 1.807) is 11.0 Å². The van der Waals surface area contributed by atoms with E-state index >= 15 is 0 Å². The lowest BCUT2D eigenvalue weighted by atomic mass is 10.1. The first-order valence-corrected chi connectivity index (χ1v) is 4.33. The Hall–Kier alpha value is -0.830. The van der Waals surface area contributed by atoms with Gasteiger partial charge in [-0.05, 0) is 19.3 Å². The summed E-state index contributed by atoms with van der Waals surface area (Å²) in [6.07, 6.45) is 3.35. The summed E-state index contributed by atoms with van der Waals surface area (Å²) < 4.78 is 0. The van der Waals surface area contributed by atoms with Gasteiger partial charge in [-0.15, -0.1) is 6.58 Å². The number of aliphatic hydroxyl groups is 1.